The van der Waals surface area contributed by atoms with Crippen molar-refractivity contribution < 1.29 is 0 Å². The lowest BCUT2D eigenvalue weighted by Gasteiger charge is -2.44. The molecule has 12 aromatic rings. The lowest BCUT2D eigenvalue weighted by atomic mass is 9.33. The summed E-state index contributed by atoms with van der Waals surface area (Å²) in [6.45, 7) is 33.3. The van der Waals surface area contributed by atoms with Crippen LogP contribution in [0.2, 0.25) is 0 Å². The van der Waals surface area contributed by atoms with Crippen LogP contribution in [-0.2, 0) is 32.5 Å². The number of rotatable bonds is 7. The molecule has 0 unspecified atom stereocenters. The molecule has 2 aliphatic carbocycles. The molecule has 0 fully saturated rings. The van der Waals surface area contributed by atoms with E-state index in [1.54, 1.807) is 0 Å². The van der Waals surface area contributed by atoms with E-state index in [2.05, 4.69) is 342 Å². The molecule has 94 heavy (non-hydrogen) atoms. The zero-order valence-corrected chi connectivity index (χ0v) is 57.7. The summed E-state index contributed by atoms with van der Waals surface area (Å²) in [5.41, 5.74) is 33.2. The van der Waals surface area contributed by atoms with Gasteiger partial charge >= 0.3 is 0 Å². The molecule has 0 radical (unpaired) electrons. The second kappa shape index (κ2) is 21.2. The van der Waals surface area contributed by atoms with Gasteiger partial charge in [0.15, 0.2) is 0 Å². The molecular weight excluding hydrogens is 1130 g/mol. The van der Waals surface area contributed by atoms with Gasteiger partial charge in [0.05, 0.1) is 16.7 Å². The van der Waals surface area contributed by atoms with Crippen molar-refractivity contribution in [3.05, 3.63) is 264 Å². The quantitative estimate of drug-likeness (QED) is 0.147. The third-order valence-corrected chi connectivity index (χ3v) is 22.6. The average molecular weight is 1220 g/mol. The van der Waals surface area contributed by atoms with E-state index < -0.39 is 0 Å². The van der Waals surface area contributed by atoms with Crippen molar-refractivity contribution in [3.8, 4) is 50.2 Å². The first-order valence-electron chi connectivity index (χ1n) is 34.6. The second-order valence-corrected chi connectivity index (χ2v) is 32.7. The van der Waals surface area contributed by atoms with Crippen LogP contribution in [0.4, 0.5) is 34.1 Å². The van der Waals surface area contributed by atoms with Gasteiger partial charge in [-0.2, -0.15) is 0 Å². The molecule has 0 amide bonds. The molecule has 0 spiro atoms. The summed E-state index contributed by atoms with van der Waals surface area (Å²) in [5.74, 6) is 0. The van der Waals surface area contributed by atoms with Crippen molar-refractivity contribution in [1.29, 1.82) is 0 Å². The molecule has 0 bridgehead atoms. The predicted molar refractivity (Wildman–Crippen MR) is 405 cm³/mol. The lowest BCUT2D eigenvalue weighted by molar-refractivity contribution is 0.332. The summed E-state index contributed by atoms with van der Waals surface area (Å²) in [4.78, 5) is 5.22. The Labute approximate surface area is 559 Å². The minimum atomic E-state index is -0.129. The van der Waals surface area contributed by atoms with Crippen LogP contribution in [0.25, 0.3) is 72.0 Å². The molecule has 1 aromatic heterocycles. The van der Waals surface area contributed by atoms with Gasteiger partial charge in [-0.25, -0.2) is 0 Å². The molecular formula is C90H88BN3. The summed E-state index contributed by atoms with van der Waals surface area (Å²) < 4.78 is 2.58. The van der Waals surface area contributed by atoms with Crippen LogP contribution in [0.15, 0.2) is 231 Å². The van der Waals surface area contributed by atoms with E-state index in [4.69, 9.17) is 0 Å². The molecule has 0 saturated carbocycles. The first kappa shape index (κ1) is 59.9. The Morgan fingerprint density at radius 2 is 0.638 bits per heavy atom. The van der Waals surface area contributed by atoms with E-state index in [1.165, 1.54) is 165 Å². The highest BCUT2D eigenvalue weighted by atomic mass is 15.2. The highest BCUT2D eigenvalue weighted by Crippen LogP contribution is 2.52. The Morgan fingerprint density at radius 1 is 0.298 bits per heavy atom. The maximum absolute atomic E-state index is 2.61. The van der Waals surface area contributed by atoms with Crippen molar-refractivity contribution in [2.45, 2.75) is 155 Å². The maximum Gasteiger partial charge on any atom is 0.252 e. The molecule has 0 saturated heterocycles. The van der Waals surface area contributed by atoms with Crippen LogP contribution >= 0.6 is 0 Å². The molecule has 2 aliphatic heterocycles. The summed E-state index contributed by atoms with van der Waals surface area (Å²) in [6, 6.07) is 89.9. The van der Waals surface area contributed by atoms with Crippen LogP contribution in [0.3, 0.4) is 0 Å². The zero-order valence-electron chi connectivity index (χ0n) is 57.7. The number of aromatic nitrogens is 1. The average Bonchev–Trinajstić information content (AvgIpc) is 0.881. The molecule has 16 rings (SSSR count). The summed E-state index contributed by atoms with van der Waals surface area (Å²) in [7, 11) is 0. The molecule has 4 heteroatoms. The van der Waals surface area contributed by atoms with Crippen LogP contribution in [0, 0.1) is 0 Å². The summed E-state index contributed by atoms with van der Waals surface area (Å²) in [6.07, 6.45) is 4.75. The largest absolute Gasteiger partial charge is 0.311 e. The molecule has 3 nitrogen and oxygen atoms in total. The molecule has 466 valence electrons. The highest BCUT2D eigenvalue weighted by molar-refractivity contribution is 7.00. The number of fused-ring (bicyclic) bond motifs is 9. The van der Waals surface area contributed by atoms with Gasteiger partial charge in [-0.1, -0.05) is 255 Å². The van der Waals surface area contributed by atoms with Gasteiger partial charge in [0.25, 0.3) is 6.71 Å². The number of anilines is 6. The fourth-order valence-electron chi connectivity index (χ4n) is 16.7. The van der Waals surface area contributed by atoms with E-state index in [0.29, 0.717) is 0 Å². The van der Waals surface area contributed by atoms with Crippen molar-refractivity contribution in [3.63, 3.8) is 0 Å². The molecule has 11 aromatic carbocycles. The van der Waals surface area contributed by atoms with Crippen molar-refractivity contribution in [2.75, 3.05) is 9.80 Å². The summed E-state index contributed by atoms with van der Waals surface area (Å²) in [5, 5.41) is 2.55. The second-order valence-electron chi connectivity index (χ2n) is 32.7. The Kier molecular flexibility index (Phi) is 13.5. The van der Waals surface area contributed by atoms with Gasteiger partial charge in [-0.3, -0.25) is 0 Å². The number of hydrogen-bond acceptors (Lipinski definition) is 2. The normalized spacial score (nSPS) is 16.5. The first-order chi connectivity index (χ1) is 44.8. The third kappa shape index (κ3) is 9.74. The van der Waals surface area contributed by atoms with Gasteiger partial charge in [0, 0.05) is 44.9 Å². The molecule has 3 heterocycles. The topological polar surface area (TPSA) is 11.4 Å². The van der Waals surface area contributed by atoms with Gasteiger partial charge in [0.1, 0.15) is 0 Å². The minimum Gasteiger partial charge on any atom is -0.311 e. The Hall–Kier alpha value is -9.12. The van der Waals surface area contributed by atoms with E-state index in [1.807, 2.05) is 0 Å². The first-order valence-corrected chi connectivity index (χ1v) is 34.6. The van der Waals surface area contributed by atoms with Gasteiger partial charge in [0.2, 0.25) is 0 Å². The Morgan fingerprint density at radius 3 is 1.02 bits per heavy atom. The fourth-order valence-corrected chi connectivity index (χ4v) is 16.7. The molecule has 0 N–H and O–H groups in total. The van der Waals surface area contributed by atoms with Crippen molar-refractivity contribution in [1.82, 2.24) is 4.57 Å². The molecule has 4 aliphatic rings. The van der Waals surface area contributed by atoms with Gasteiger partial charge < -0.3 is 14.4 Å². The standard InChI is InChI=1S/C90H88BN3/c1-85(2,3)65-33-43-78-70(53-65)71-54-66(86(4,5)6)34-44-79(71)94(78)69-55-82-84-83(56-69)93(68-37-27-60(28-38-68)62-30-40-73-75(50-62)90(13,14)48-46-88(73,9)10)81-42-32-64(58-23-19-16-20-24-58)52-77(81)91(84)76-51-63(57-21-17-15-18-22-57)31-41-80(76)92(82)67-35-25-59(26-36-67)61-29-39-72-74(49-61)89(11,12)47-45-87(72,7)8/h15-44,49-56H,45-48H2,1-14H3. The van der Waals surface area contributed by atoms with E-state index in [9.17, 15) is 0 Å². The lowest BCUT2D eigenvalue weighted by Crippen LogP contribution is -2.61. The third-order valence-electron chi connectivity index (χ3n) is 22.6. The van der Waals surface area contributed by atoms with Crippen LogP contribution in [0.1, 0.15) is 156 Å². The van der Waals surface area contributed by atoms with E-state index >= 15 is 0 Å². The fraction of sp³-hybridized carbons (Fsp3) is 0.267. The van der Waals surface area contributed by atoms with Crippen LogP contribution in [0.5, 0.6) is 0 Å². The molecule has 0 atom stereocenters. The maximum atomic E-state index is 2.61. The van der Waals surface area contributed by atoms with E-state index in [0.717, 1.165) is 17.1 Å². The number of benzene rings is 11. The van der Waals surface area contributed by atoms with Crippen LogP contribution < -0.4 is 26.2 Å². The Bertz CT molecular complexity index is 4710. The zero-order chi connectivity index (χ0) is 65.2. The monoisotopic (exact) mass is 1220 g/mol. The minimum absolute atomic E-state index is 0.0380. The number of nitrogens with zero attached hydrogens (tertiary/aromatic N) is 3. The highest BCUT2D eigenvalue weighted by Gasteiger charge is 2.45. The SMILES string of the molecule is CC(C)(C)c1ccc2c(c1)c1cc(C(C)(C)C)ccc1n2-c1cc2c3c(c1)N(c1ccc(-c4ccc5c(c4)C(C)(C)CCC5(C)C)cc1)c1ccc(-c4ccccc4)cc1B3c1cc(-c3ccccc3)ccc1N2c1ccc(-c2ccc3c(c2)C(C)(C)CCC3(C)C)cc1. The van der Waals surface area contributed by atoms with Gasteiger partial charge in [-0.15, -0.1) is 0 Å². The van der Waals surface area contributed by atoms with Gasteiger partial charge in [-0.05, 0) is 225 Å². The van der Waals surface area contributed by atoms with Crippen LogP contribution in [-0.4, -0.2) is 11.3 Å². The van der Waals surface area contributed by atoms with E-state index in [-0.39, 0.29) is 39.2 Å². The predicted octanol–water partition coefficient (Wildman–Crippen LogP) is 22.8. The van der Waals surface area contributed by atoms with Crippen molar-refractivity contribution >= 4 is 79.0 Å². The van der Waals surface area contributed by atoms with Crippen molar-refractivity contribution in [2.24, 2.45) is 0 Å². The Balaban J connectivity index is 0.975. The smallest absolute Gasteiger partial charge is 0.252 e. The summed E-state index contributed by atoms with van der Waals surface area (Å²) >= 11 is 0. The number of hydrogen-bond donors (Lipinski definition) is 0.